The molecule has 26 heavy (non-hydrogen) atoms. The Bertz CT molecular complexity index is 816. The van der Waals surface area contributed by atoms with Gasteiger partial charge in [0.1, 0.15) is 0 Å². The summed E-state index contributed by atoms with van der Waals surface area (Å²) in [4.78, 5) is 18.1. The van der Waals surface area contributed by atoms with Gasteiger partial charge in [-0.2, -0.15) is 5.10 Å². The molecule has 6 nitrogen and oxygen atoms in total. The highest BCUT2D eigenvalue weighted by Gasteiger charge is 2.07. The fourth-order valence-corrected chi connectivity index (χ4v) is 2.71. The molecule has 0 spiro atoms. The number of amides is 1. The van der Waals surface area contributed by atoms with Crippen LogP contribution in [-0.4, -0.2) is 45.7 Å². The summed E-state index contributed by atoms with van der Waals surface area (Å²) < 4.78 is 1.85. The minimum absolute atomic E-state index is 0.0250. The molecule has 3 aromatic rings. The first-order valence-corrected chi connectivity index (χ1v) is 8.64. The summed E-state index contributed by atoms with van der Waals surface area (Å²) in [6.45, 7) is 1.69. The predicted octanol–water partition coefficient (Wildman–Crippen LogP) is 2.06. The van der Waals surface area contributed by atoms with E-state index in [0.717, 1.165) is 29.8 Å². The van der Waals surface area contributed by atoms with Crippen molar-refractivity contribution in [1.29, 1.82) is 0 Å². The van der Waals surface area contributed by atoms with Gasteiger partial charge in [0.15, 0.2) is 0 Å². The second-order valence-corrected chi connectivity index (χ2v) is 6.26. The SMILES string of the molecule is CN(CC(=O)NCCc1cnn(-c2ccccc2)c1)Cc1ccncc1. The molecule has 0 aliphatic carbocycles. The number of aromatic nitrogens is 3. The van der Waals surface area contributed by atoms with Crippen molar-refractivity contribution >= 4 is 5.91 Å². The lowest BCUT2D eigenvalue weighted by Crippen LogP contribution is -2.35. The van der Waals surface area contributed by atoms with Crippen LogP contribution in [0, 0.1) is 0 Å². The summed E-state index contributed by atoms with van der Waals surface area (Å²) in [5.74, 6) is 0.0250. The van der Waals surface area contributed by atoms with Crippen molar-refractivity contribution in [3.8, 4) is 5.69 Å². The quantitative estimate of drug-likeness (QED) is 0.676. The first-order valence-electron chi connectivity index (χ1n) is 8.64. The number of pyridine rings is 1. The summed E-state index contributed by atoms with van der Waals surface area (Å²) in [5.41, 5.74) is 3.27. The normalized spacial score (nSPS) is 10.8. The smallest absolute Gasteiger partial charge is 0.234 e. The number of benzene rings is 1. The number of rotatable bonds is 8. The molecule has 2 heterocycles. The Morgan fingerprint density at radius 1 is 1.12 bits per heavy atom. The molecule has 0 bridgehead atoms. The van der Waals surface area contributed by atoms with Gasteiger partial charge >= 0.3 is 0 Å². The monoisotopic (exact) mass is 349 g/mol. The van der Waals surface area contributed by atoms with Crippen molar-refractivity contribution in [2.45, 2.75) is 13.0 Å². The van der Waals surface area contributed by atoms with Crippen LogP contribution in [0.1, 0.15) is 11.1 Å². The standard InChI is InChI=1S/C20H23N5O/c1-24(14-17-7-10-21-11-8-17)16-20(26)22-12-9-18-13-23-25(15-18)19-5-3-2-4-6-19/h2-8,10-11,13,15H,9,12,14,16H2,1H3,(H,22,26). The Morgan fingerprint density at radius 2 is 1.88 bits per heavy atom. The lowest BCUT2D eigenvalue weighted by molar-refractivity contribution is -0.122. The second kappa shape index (κ2) is 8.92. The van der Waals surface area contributed by atoms with Crippen LogP contribution in [-0.2, 0) is 17.8 Å². The van der Waals surface area contributed by atoms with Crippen molar-refractivity contribution in [2.24, 2.45) is 0 Å². The molecule has 134 valence electrons. The number of carbonyl (C=O) groups excluding carboxylic acids is 1. The highest BCUT2D eigenvalue weighted by atomic mass is 16.2. The molecule has 3 rings (SSSR count). The van der Waals surface area contributed by atoms with E-state index in [-0.39, 0.29) is 5.91 Å². The maximum Gasteiger partial charge on any atom is 0.234 e. The molecular weight excluding hydrogens is 326 g/mol. The zero-order valence-electron chi connectivity index (χ0n) is 14.9. The Kier molecular flexibility index (Phi) is 6.11. The highest BCUT2D eigenvalue weighted by molar-refractivity contribution is 5.77. The van der Waals surface area contributed by atoms with Crippen molar-refractivity contribution in [3.63, 3.8) is 0 Å². The van der Waals surface area contributed by atoms with Gasteiger partial charge in [-0.05, 0) is 48.9 Å². The van der Waals surface area contributed by atoms with Gasteiger partial charge in [-0.25, -0.2) is 4.68 Å². The average Bonchev–Trinajstić information content (AvgIpc) is 3.12. The van der Waals surface area contributed by atoms with Gasteiger partial charge < -0.3 is 5.32 Å². The van der Waals surface area contributed by atoms with E-state index >= 15 is 0 Å². The van der Waals surface area contributed by atoms with Crippen LogP contribution in [0.25, 0.3) is 5.69 Å². The van der Waals surface area contributed by atoms with E-state index in [2.05, 4.69) is 15.4 Å². The maximum atomic E-state index is 12.1. The number of hydrogen-bond donors (Lipinski definition) is 1. The number of nitrogens with one attached hydrogen (secondary N) is 1. The summed E-state index contributed by atoms with van der Waals surface area (Å²) in [6, 6.07) is 13.9. The van der Waals surface area contributed by atoms with Gasteiger partial charge in [-0.3, -0.25) is 14.7 Å². The van der Waals surface area contributed by atoms with Gasteiger partial charge in [0.2, 0.25) is 5.91 Å². The third-order valence-corrected chi connectivity index (χ3v) is 4.01. The van der Waals surface area contributed by atoms with E-state index in [1.165, 1.54) is 0 Å². The fourth-order valence-electron chi connectivity index (χ4n) is 2.71. The van der Waals surface area contributed by atoms with Crippen LogP contribution in [0.15, 0.2) is 67.3 Å². The van der Waals surface area contributed by atoms with Crippen molar-refractivity contribution < 1.29 is 4.79 Å². The maximum absolute atomic E-state index is 12.1. The second-order valence-electron chi connectivity index (χ2n) is 6.26. The molecule has 1 aromatic carbocycles. The van der Waals surface area contributed by atoms with Gasteiger partial charge in [-0.1, -0.05) is 18.2 Å². The van der Waals surface area contributed by atoms with Gasteiger partial charge in [0.25, 0.3) is 0 Å². The molecule has 6 heteroatoms. The fraction of sp³-hybridized carbons (Fsp3) is 0.250. The van der Waals surface area contributed by atoms with E-state index < -0.39 is 0 Å². The number of nitrogens with zero attached hydrogens (tertiary/aromatic N) is 4. The Balaban J connectivity index is 1.40. The number of likely N-dealkylation sites (N-methyl/N-ethyl adjacent to an activating group) is 1. The van der Waals surface area contributed by atoms with Crippen LogP contribution >= 0.6 is 0 Å². The highest BCUT2D eigenvalue weighted by Crippen LogP contribution is 2.07. The molecule has 0 saturated carbocycles. The molecule has 0 atom stereocenters. The molecule has 1 N–H and O–H groups in total. The lowest BCUT2D eigenvalue weighted by atomic mass is 10.2. The van der Waals surface area contributed by atoms with Crippen LogP contribution in [0.4, 0.5) is 0 Å². The van der Waals surface area contributed by atoms with E-state index in [1.54, 1.807) is 12.4 Å². The van der Waals surface area contributed by atoms with Gasteiger partial charge in [-0.15, -0.1) is 0 Å². The average molecular weight is 349 g/mol. The Morgan fingerprint density at radius 3 is 2.65 bits per heavy atom. The molecule has 0 unspecified atom stereocenters. The molecule has 0 aliphatic heterocycles. The molecule has 1 amide bonds. The first-order chi connectivity index (χ1) is 12.7. The zero-order chi connectivity index (χ0) is 18.2. The van der Waals surface area contributed by atoms with Crippen LogP contribution in [0.2, 0.25) is 0 Å². The van der Waals surface area contributed by atoms with Crippen LogP contribution < -0.4 is 5.32 Å². The molecule has 0 radical (unpaired) electrons. The predicted molar refractivity (Wildman–Crippen MR) is 101 cm³/mol. The van der Waals surface area contributed by atoms with Crippen molar-refractivity contribution in [2.75, 3.05) is 20.1 Å². The molecule has 0 saturated heterocycles. The topological polar surface area (TPSA) is 63.1 Å². The third kappa shape index (κ3) is 5.26. The van der Waals surface area contributed by atoms with E-state index in [9.17, 15) is 4.79 Å². The Labute approximate surface area is 153 Å². The van der Waals surface area contributed by atoms with Gasteiger partial charge in [0.05, 0.1) is 18.4 Å². The molecule has 0 fully saturated rings. The largest absolute Gasteiger partial charge is 0.355 e. The van der Waals surface area contributed by atoms with Crippen LogP contribution in [0.5, 0.6) is 0 Å². The Hall–Kier alpha value is -2.99. The van der Waals surface area contributed by atoms with E-state index in [1.807, 2.05) is 71.5 Å². The molecule has 2 aromatic heterocycles. The van der Waals surface area contributed by atoms with Crippen molar-refractivity contribution in [3.05, 3.63) is 78.4 Å². The first kappa shape index (κ1) is 17.8. The minimum atomic E-state index is 0.0250. The zero-order valence-corrected chi connectivity index (χ0v) is 14.9. The molecular formula is C20H23N5O. The van der Waals surface area contributed by atoms with Gasteiger partial charge in [0, 0.05) is 31.7 Å². The number of carbonyl (C=O) groups is 1. The number of para-hydroxylation sites is 1. The van der Waals surface area contributed by atoms with Crippen molar-refractivity contribution in [1.82, 2.24) is 25.0 Å². The lowest BCUT2D eigenvalue weighted by Gasteiger charge is -2.16. The van der Waals surface area contributed by atoms with E-state index in [0.29, 0.717) is 13.1 Å². The minimum Gasteiger partial charge on any atom is -0.355 e. The summed E-state index contributed by atoms with van der Waals surface area (Å²) in [5, 5.41) is 7.34. The third-order valence-electron chi connectivity index (χ3n) is 4.01. The van der Waals surface area contributed by atoms with E-state index in [4.69, 9.17) is 0 Å². The summed E-state index contributed by atoms with van der Waals surface area (Å²) >= 11 is 0. The summed E-state index contributed by atoms with van der Waals surface area (Å²) in [7, 11) is 1.93. The van der Waals surface area contributed by atoms with Crippen LogP contribution in [0.3, 0.4) is 0 Å². The molecule has 0 aliphatic rings. The number of hydrogen-bond acceptors (Lipinski definition) is 4. The summed E-state index contributed by atoms with van der Waals surface area (Å²) in [6.07, 6.45) is 8.12.